The summed E-state index contributed by atoms with van der Waals surface area (Å²) in [4.78, 5) is 14.2. The Labute approximate surface area is 124 Å². The predicted octanol–water partition coefficient (Wildman–Crippen LogP) is 2.11. The molecule has 1 aliphatic heterocycles. The smallest absolute Gasteiger partial charge is 0.254 e. The Hall–Kier alpha value is -1.43. The summed E-state index contributed by atoms with van der Waals surface area (Å²) in [5.41, 5.74) is 0.390. The number of nitrogens with zero attached hydrogens (tertiary/aromatic N) is 1. The summed E-state index contributed by atoms with van der Waals surface area (Å²) < 4.78 is 36.3. The van der Waals surface area contributed by atoms with Crippen LogP contribution in [0.3, 0.4) is 0 Å². The van der Waals surface area contributed by atoms with E-state index in [2.05, 4.69) is 0 Å². The topological polar surface area (TPSA) is 54.5 Å². The van der Waals surface area contributed by atoms with E-state index in [0.717, 1.165) is 0 Å². The van der Waals surface area contributed by atoms with E-state index in [0.29, 0.717) is 18.5 Å². The number of sulfone groups is 1. The summed E-state index contributed by atoms with van der Waals surface area (Å²) in [6.45, 7) is 4.46. The third kappa shape index (κ3) is 4.03. The average Bonchev–Trinajstić information content (AvgIpc) is 2.76. The lowest BCUT2D eigenvalue weighted by Gasteiger charge is -2.30. The van der Waals surface area contributed by atoms with Crippen LogP contribution in [0.1, 0.15) is 30.6 Å². The Kier molecular flexibility index (Phi) is 4.66. The number of benzene rings is 1. The van der Waals surface area contributed by atoms with Gasteiger partial charge in [0, 0.05) is 18.2 Å². The Balaban J connectivity index is 2.23. The Morgan fingerprint density at radius 1 is 1.33 bits per heavy atom. The molecular formula is C15H20FNO3S. The van der Waals surface area contributed by atoms with Crippen molar-refractivity contribution >= 4 is 15.7 Å². The summed E-state index contributed by atoms with van der Waals surface area (Å²) in [6.07, 6.45) is 0.474. The molecule has 1 aromatic rings. The van der Waals surface area contributed by atoms with Crippen molar-refractivity contribution in [1.82, 2.24) is 4.90 Å². The van der Waals surface area contributed by atoms with Gasteiger partial charge < -0.3 is 4.90 Å². The van der Waals surface area contributed by atoms with Crippen LogP contribution in [0.15, 0.2) is 24.3 Å². The van der Waals surface area contributed by atoms with Crippen molar-refractivity contribution in [2.45, 2.75) is 26.3 Å². The van der Waals surface area contributed by atoms with Crippen molar-refractivity contribution < 1.29 is 17.6 Å². The van der Waals surface area contributed by atoms with Gasteiger partial charge in [0.25, 0.3) is 5.91 Å². The maximum Gasteiger partial charge on any atom is 0.254 e. The molecule has 6 heteroatoms. The first kappa shape index (κ1) is 15.9. The van der Waals surface area contributed by atoms with Crippen molar-refractivity contribution in [3.8, 4) is 0 Å². The van der Waals surface area contributed by atoms with Crippen molar-refractivity contribution in [3.63, 3.8) is 0 Å². The normalized spacial score (nSPS) is 20.7. The van der Waals surface area contributed by atoms with E-state index in [1.54, 1.807) is 4.90 Å². The van der Waals surface area contributed by atoms with E-state index in [1.165, 1.54) is 24.3 Å². The number of rotatable bonds is 4. The first-order valence-corrected chi connectivity index (χ1v) is 8.87. The molecule has 0 spiro atoms. The van der Waals surface area contributed by atoms with Gasteiger partial charge >= 0.3 is 0 Å². The van der Waals surface area contributed by atoms with Gasteiger partial charge in [0.1, 0.15) is 5.82 Å². The molecule has 116 valence electrons. The summed E-state index contributed by atoms with van der Waals surface area (Å²) in [6, 6.07) is 5.08. The first-order chi connectivity index (χ1) is 9.78. The zero-order valence-corrected chi connectivity index (χ0v) is 13.1. The summed E-state index contributed by atoms with van der Waals surface area (Å²) in [5, 5.41) is 0. The first-order valence-electron chi connectivity index (χ1n) is 7.05. The molecule has 0 radical (unpaired) electrons. The summed E-state index contributed by atoms with van der Waals surface area (Å²) in [5.74, 6) is -0.246. The third-order valence-corrected chi connectivity index (χ3v) is 5.31. The minimum atomic E-state index is -3.05. The quantitative estimate of drug-likeness (QED) is 0.855. The van der Waals surface area contributed by atoms with E-state index in [-0.39, 0.29) is 29.4 Å². The number of halogens is 1. The summed E-state index contributed by atoms with van der Waals surface area (Å²) >= 11 is 0. The molecule has 1 heterocycles. The lowest BCUT2D eigenvalue weighted by atomic mass is 10.1. The highest BCUT2D eigenvalue weighted by molar-refractivity contribution is 7.91. The molecule has 0 bridgehead atoms. The fourth-order valence-electron chi connectivity index (χ4n) is 2.57. The van der Waals surface area contributed by atoms with Gasteiger partial charge in [0.05, 0.1) is 11.5 Å². The second kappa shape index (κ2) is 6.13. The molecule has 1 atom stereocenters. The van der Waals surface area contributed by atoms with Gasteiger partial charge in [-0.05, 0) is 36.6 Å². The fourth-order valence-corrected chi connectivity index (χ4v) is 4.30. The van der Waals surface area contributed by atoms with Crippen LogP contribution in [-0.4, -0.2) is 43.3 Å². The van der Waals surface area contributed by atoms with E-state index in [4.69, 9.17) is 0 Å². The molecular weight excluding hydrogens is 293 g/mol. The molecule has 2 rings (SSSR count). The van der Waals surface area contributed by atoms with Crippen LogP contribution in [0.4, 0.5) is 4.39 Å². The highest BCUT2D eigenvalue weighted by Gasteiger charge is 2.35. The molecule has 21 heavy (non-hydrogen) atoms. The van der Waals surface area contributed by atoms with Crippen molar-refractivity contribution in [2.24, 2.45) is 5.92 Å². The zero-order valence-electron chi connectivity index (χ0n) is 12.3. The lowest BCUT2D eigenvalue weighted by Crippen LogP contribution is -2.43. The average molecular weight is 313 g/mol. The monoisotopic (exact) mass is 313 g/mol. The highest BCUT2D eigenvalue weighted by Crippen LogP contribution is 2.21. The van der Waals surface area contributed by atoms with Gasteiger partial charge in [-0.1, -0.05) is 13.8 Å². The van der Waals surface area contributed by atoms with Crippen LogP contribution < -0.4 is 0 Å². The Morgan fingerprint density at radius 2 is 1.95 bits per heavy atom. The van der Waals surface area contributed by atoms with Crippen LogP contribution in [0.2, 0.25) is 0 Å². The van der Waals surface area contributed by atoms with Crippen LogP contribution in [0.5, 0.6) is 0 Å². The SMILES string of the molecule is CC(C)CN(C(=O)c1ccc(F)cc1)C1CCS(=O)(=O)C1. The van der Waals surface area contributed by atoms with Crippen LogP contribution >= 0.6 is 0 Å². The second-order valence-corrected chi connectivity index (χ2v) is 8.14. The van der Waals surface area contributed by atoms with Gasteiger partial charge in [-0.3, -0.25) is 4.79 Å². The van der Waals surface area contributed by atoms with E-state index in [9.17, 15) is 17.6 Å². The van der Waals surface area contributed by atoms with Gasteiger partial charge in [-0.25, -0.2) is 12.8 Å². The largest absolute Gasteiger partial charge is 0.334 e. The minimum absolute atomic E-state index is 0.0205. The number of amides is 1. The van der Waals surface area contributed by atoms with Crippen molar-refractivity contribution in [1.29, 1.82) is 0 Å². The van der Waals surface area contributed by atoms with Crippen molar-refractivity contribution in [3.05, 3.63) is 35.6 Å². The van der Waals surface area contributed by atoms with E-state index < -0.39 is 15.7 Å². The molecule has 0 N–H and O–H groups in total. The lowest BCUT2D eigenvalue weighted by molar-refractivity contribution is 0.0672. The Bertz CT molecular complexity index is 610. The van der Waals surface area contributed by atoms with Crippen LogP contribution in [0, 0.1) is 11.7 Å². The minimum Gasteiger partial charge on any atom is -0.334 e. The Morgan fingerprint density at radius 3 is 2.43 bits per heavy atom. The van der Waals surface area contributed by atoms with Gasteiger partial charge in [-0.2, -0.15) is 0 Å². The molecule has 1 fully saturated rings. The van der Waals surface area contributed by atoms with Gasteiger partial charge in [0.2, 0.25) is 0 Å². The molecule has 1 aromatic carbocycles. The summed E-state index contributed by atoms with van der Waals surface area (Å²) in [7, 11) is -3.05. The number of hydrogen-bond acceptors (Lipinski definition) is 3. The maximum atomic E-state index is 13.0. The molecule has 1 saturated heterocycles. The van der Waals surface area contributed by atoms with Crippen LogP contribution in [-0.2, 0) is 9.84 Å². The fraction of sp³-hybridized carbons (Fsp3) is 0.533. The van der Waals surface area contributed by atoms with Gasteiger partial charge in [-0.15, -0.1) is 0 Å². The third-order valence-electron chi connectivity index (χ3n) is 3.56. The van der Waals surface area contributed by atoms with Gasteiger partial charge in [0.15, 0.2) is 9.84 Å². The van der Waals surface area contributed by atoms with E-state index in [1.807, 2.05) is 13.8 Å². The molecule has 4 nitrogen and oxygen atoms in total. The van der Waals surface area contributed by atoms with E-state index >= 15 is 0 Å². The second-order valence-electron chi connectivity index (χ2n) is 5.92. The molecule has 1 unspecified atom stereocenters. The molecule has 0 aromatic heterocycles. The number of hydrogen-bond donors (Lipinski definition) is 0. The number of carbonyl (C=O) groups is 1. The van der Waals surface area contributed by atoms with Crippen LogP contribution in [0.25, 0.3) is 0 Å². The molecule has 0 saturated carbocycles. The highest BCUT2D eigenvalue weighted by atomic mass is 32.2. The maximum absolute atomic E-state index is 13.0. The molecule has 0 aliphatic carbocycles. The number of carbonyl (C=O) groups excluding carboxylic acids is 1. The zero-order chi connectivity index (χ0) is 15.6. The van der Waals surface area contributed by atoms with Crippen molar-refractivity contribution in [2.75, 3.05) is 18.1 Å². The predicted molar refractivity (Wildman–Crippen MR) is 79.3 cm³/mol. The molecule has 1 amide bonds. The molecule has 1 aliphatic rings. The standard InChI is InChI=1S/C15H20FNO3S/c1-11(2)9-17(14-7-8-21(19,20)10-14)15(18)12-3-5-13(16)6-4-12/h3-6,11,14H,7-10H2,1-2H3.